The van der Waals surface area contributed by atoms with Gasteiger partial charge in [0.15, 0.2) is 0 Å². The SMILES string of the molecule is CCc1cc2c(=O)n(CCN3C(=O)c4ccccc4C3=O)c(C)nc2s1. The number of benzene rings is 1. The van der Waals surface area contributed by atoms with E-state index in [1.54, 1.807) is 31.2 Å². The minimum atomic E-state index is -0.311. The molecule has 3 heterocycles. The molecule has 0 fully saturated rings. The van der Waals surface area contributed by atoms with Gasteiger partial charge >= 0.3 is 0 Å². The first kappa shape index (κ1) is 16.7. The largest absolute Gasteiger partial charge is 0.294 e. The van der Waals surface area contributed by atoms with Crippen LogP contribution in [0.15, 0.2) is 35.1 Å². The highest BCUT2D eigenvalue weighted by Crippen LogP contribution is 2.23. The van der Waals surface area contributed by atoms with Crippen LogP contribution in [0.5, 0.6) is 0 Å². The van der Waals surface area contributed by atoms with Crippen LogP contribution in [0.2, 0.25) is 0 Å². The van der Waals surface area contributed by atoms with Gasteiger partial charge in [-0.05, 0) is 31.5 Å². The van der Waals surface area contributed by atoms with E-state index >= 15 is 0 Å². The van der Waals surface area contributed by atoms with E-state index in [0.29, 0.717) is 22.3 Å². The molecule has 1 aromatic carbocycles. The zero-order chi connectivity index (χ0) is 18.4. The summed E-state index contributed by atoms with van der Waals surface area (Å²) in [5, 5.41) is 0.597. The quantitative estimate of drug-likeness (QED) is 0.665. The van der Waals surface area contributed by atoms with Crippen LogP contribution < -0.4 is 5.56 Å². The van der Waals surface area contributed by atoms with Gasteiger partial charge < -0.3 is 0 Å². The van der Waals surface area contributed by atoms with E-state index in [9.17, 15) is 14.4 Å². The van der Waals surface area contributed by atoms with E-state index in [4.69, 9.17) is 0 Å². The first-order valence-electron chi connectivity index (χ1n) is 8.46. The summed E-state index contributed by atoms with van der Waals surface area (Å²) in [5.74, 6) is -0.0353. The third-order valence-electron chi connectivity index (χ3n) is 4.67. The van der Waals surface area contributed by atoms with Crippen LogP contribution in [0.3, 0.4) is 0 Å². The molecule has 26 heavy (non-hydrogen) atoms. The van der Waals surface area contributed by atoms with Crippen molar-refractivity contribution in [2.24, 2.45) is 0 Å². The van der Waals surface area contributed by atoms with Gasteiger partial charge in [0.25, 0.3) is 17.4 Å². The Morgan fingerprint density at radius 3 is 2.31 bits per heavy atom. The number of aromatic nitrogens is 2. The summed E-state index contributed by atoms with van der Waals surface area (Å²) in [6.07, 6.45) is 0.856. The Morgan fingerprint density at radius 2 is 1.69 bits per heavy atom. The molecule has 0 saturated carbocycles. The van der Waals surface area contributed by atoms with Crippen LogP contribution in [0.4, 0.5) is 0 Å². The van der Waals surface area contributed by atoms with E-state index in [0.717, 1.165) is 16.1 Å². The topological polar surface area (TPSA) is 72.3 Å². The molecule has 0 spiro atoms. The maximum Gasteiger partial charge on any atom is 0.262 e. The van der Waals surface area contributed by atoms with Crippen molar-refractivity contribution in [2.75, 3.05) is 6.54 Å². The molecule has 0 atom stereocenters. The van der Waals surface area contributed by atoms with Crippen molar-refractivity contribution in [3.05, 3.63) is 62.5 Å². The fourth-order valence-corrected chi connectivity index (χ4v) is 4.25. The van der Waals surface area contributed by atoms with Gasteiger partial charge in [-0.25, -0.2) is 4.98 Å². The molecule has 1 aliphatic rings. The molecule has 6 nitrogen and oxygen atoms in total. The monoisotopic (exact) mass is 367 g/mol. The van der Waals surface area contributed by atoms with Gasteiger partial charge in [0.2, 0.25) is 0 Å². The number of hydrogen-bond acceptors (Lipinski definition) is 5. The minimum absolute atomic E-state index is 0.125. The van der Waals surface area contributed by atoms with Crippen molar-refractivity contribution >= 4 is 33.4 Å². The van der Waals surface area contributed by atoms with Gasteiger partial charge in [-0.3, -0.25) is 23.9 Å². The number of carbonyl (C=O) groups is 2. The Kier molecular flexibility index (Phi) is 3.96. The predicted molar refractivity (Wildman–Crippen MR) is 99.8 cm³/mol. The molecule has 0 N–H and O–H groups in total. The van der Waals surface area contributed by atoms with Crippen LogP contribution in [0.1, 0.15) is 38.3 Å². The maximum atomic E-state index is 12.8. The Morgan fingerprint density at radius 1 is 1.04 bits per heavy atom. The summed E-state index contributed by atoms with van der Waals surface area (Å²) < 4.78 is 1.54. The lowest BCUT2D eigenvalue weighted by Gasteiger charge is -2.16. The molecule has 2 amide bonds. The molecular weight excluding hydrogens is 350 g/mol. The predicted octanol–water partition coefficient (Wildman–Crippen LogP) is 2.63. The van der Waals surface area contributed by atoms with Gasteiger partial charge in [-0.2, -0.15) is 0 Å². The van der Waals surface area contributed by atoms with Gasteiger partial charge in [0, 0.05) is 18.0 Å². The number of imide groups is 1. The number of aryl methyl sites for hydroxylation is 2. The lowest BCUT2D eigenvalue weighted by molar-refractivity contribution is 0.0648. The zero-order valence-corrected chi connectivity index (χ0v) is 15.3. The highest BCUT2D eigenvalue weighted by atomic mass is 32.1. The maximum absolute atomic E-state index is 12.8. The first-order chi connectivity index (χ1) is 12.5. The second-order valence-corrected chi connectivity index (χ2v) is 7.32. The van der Waals surface area contributed by atoms with E-state index in [-0.39, 0.29) is 30.5 Å². The molecule has 132 valence electrons. The number of fused-ring (bicyclic) bond motifs is 2. The Bertz CT molecular complexity index is 1080. The van der Waals surface area contributed by atoms with E-state index in [1.807, 2.05) is 13.0 Å². The Hall–Kier alpha value is -2.80. The van der Waals surface area contributed by atoms with Crippen LogP contribution in [-0.2, 0) is 13.0 Å². The van der Waals surface area contributed by atoms with Crippen LogP contribution in [0.25, 0.3) is 10.2 Å². The van der Waals surface area contributed by atoms with Crippen molar-refractivity contribution in [2.45, 2.75) is 26.8 Å². The van der Waals surface area contributed by atoms with Crippen molar-refractivity contribution in [3.63, 3.8) is 0 Å². The third-order valence-corrected chi connectivity index (χ3v) is 5.84. The highest BCUT2D eigenvalue weighted by molar-refractivity contribution is 7.18. The average molecular weight is 367 g/mol. The van der Waals surface area contributed by atoms with Crippen LogP contribution in [0, 0.1) is 6.92 Å². The van der Waals surface area contributed by atoms with E-state index in [2.05, 4.69) is 4.98 Å². The van der Waals surface area contributed by atoms with Crippen molar-refractivity contribution in [3.8, 4) is 0 Å². The zero-order valence-electron chi connectivity index (χ0n) is 14.5. The first-order valence-corrected chi connectivity index (χ1v) is 9.28. The number of amides is 2. The van der Waals surface area contributed by atoms with Crippen molar-refractivity contribution in [1.82, 2.24) is 14.5 Å². The summed E-state index contributed by atoms with van der Waals surface area (Å²) in [4.78, 5) is 45.3. The Labute approximate surface area is 153 Å². The lowest BCUT2D eigenvalue weighted by atomic mass is 10.1. The number of thiophene rings is 1. The molecule has 0 saturated heterocycles. The fraction of sp³-hybridized carbons (Fsp3) is 0.263. The van der Waals surface area contributed by atoms with Crippen molar-refractivity contribution in [1.29, 1.82) is 0 Å². The van der Waals surface area contributed by atoms with Crippen molar-refractivity contribution < 1.29 is 9.59 Å². The Balaban J connectivity index is 1.64. The lowest BCUT2D eigenvalue weighted by Crippen LogP contribution is -2.35. The second kappa shape index (κ2) is 6.17. The normalized spacial score (nSPS) is 13.7. The van der Waals surface area contributed by atoms with Gasteiger partial charge in [0.05, 0.1) is 16.5 Å². The number of carbonyl (C=O) groups excluding carboxylic acids is 2. The molecule has 2 aromatic heterocycles. The summed E-state index contributed by atoms with van der Waals surface area (Å²) >= 11 is 1.53. The molecule has 4 rings (SSSR count). The number of hydrogen-bond donors (Lipinski definition) is 0. The van der Waals surface area contributed by atoms with E-state index in [1.165, 1.54) is 20.8 Å². The van der Waals surface area contributed by atoms with Gasteiger partial charge in [0.1, 0.15) is 10.7 Å². The summed E-state index contributed by atoms with van der Waals surface area (Å²) in [6.45, 7) is 4.19. The summed E-state index contributed by atoms with van der Waals surface area (Å²) in [6, 6.07) is 8.66. The van der Waals surface area contributed by atoms with E-state index < -0.39 is 0 Å². The molecule has 3 aromatic rings. The molecule has 0 radical (unpaired) electrons. The van der Waals surface area contributed by atoms with Crippen LogP contribution >= 0.6 is 11.3 Å². The summed E-state index contributed by atoms with van der Waals surface area (Å²) in [5.41, 5.74) is 0.709. The molecule has 0 aliphatic carbocycles. The molecule has 0 bridgehead atoms. The smallest absolute Gasteiger partial charge is 0.262 e. The molecule has 1 aliphatic heterocycles. The third kappa shape index (κ3) is 2.47. The summed E-state index contributed by atoms with van der Waals surface area (Å²) in [7, 11) is 0. The van der Waals surface area contributed by atoms with Crippen LogP contribution in [-0.4, -0.2) is 32.8 Å². The standard InChI is InChI=1S/C19H17N3O3S/c1-3-12-10-15-16(26-12)20-11(2)21(19(15)25)8-9-22-17(23)13-6-4-5-7-14(13)18(22)24/h4-7,10H,3,8-9H2,1-2H3. The second-order valence-electron chi connectivity index (χ2n) is 6.21. The average Bonchev–Trinajstić information content (AvgIpc) is 3.16. The minimum Gasteiger partial charge on any atom is -0.294 e. The molecule has 0 unspecified atom stereocenters. The number of nitrogens with zero attached hydrogens (tertiary/aromatic N) is 3. The van der Waals surface area contributed by atoms with Gasteiger partial charge in [-0.15, -0.1) is 11.3 Å². The highest BCUT2D eigenvalue weighted by Gasteiger charge is 2.34. The number of rotatable bonds is 4. The fourth-order valence-electron chi connectivity index (χ4n) is 3.25. The molecule has 7 heteroatoms. The molecular formula is C19H17N3O3S. The van der Waals surface area contributed by atoms with Gasteiger partial charge in [-0.1, -0.05) is 19.1 Å².